The molecule has 0 aliphatic rings. The molecule has 0 fully saturated rings. The van der Waals surface area contributed by atoms with Gasteiger partial charge in [0.2, 0.25) is 5.91 Å². The molecule has 1 rings (SSSR count). The molecule has 0 aliphatic heterocycles. The van der Waals surface area contributed by atoms with Crippen molar-refractivity contribution in [3.63, 3.8) is 0 Å². The van der Waals surface area contributed by atoms with E-state index in [1.165, 1.54) is 0 Å². The summed E-state index contributed by atoms with van der Waals surface area (Å²) in [6.07, 6.45) is 0.638. The topological polar surface area (TPSA) is 58.4 Å². The average molecular weight is 221 g/mol. The number of nitrogens with zero attached hydrogens (tertiary/aromatic N) is 1. The summed E-state index contributed by atoms with van der Waals surface area (Å²) >= 11 is 0. The second-order valence-electron chi connectivity index (χ2n) is 3.95. The van der Waals surface area contributed by atoms with Crippen LogP contribution in [0.3, 0.4) is 0 Å². The van der Waals surface area contributed by atoms with Gasteiger partial charge in [0.05, 0.1) is 6.04 Å². The summed E-state index contributed by atoms with van der Waals surface area (Å²) in [5.74, 6) is -0.140. The third kappa shape index (κ3) is 3.24. The Kier molecular flexibility index (Phi) is 4.31. The monoisotopic (exact) mass is 221 g/mol. The number of hydrogen-bond acceptors (Lipinski definition) is 3. The van der Waals surface area contributed by atoms with Crippen LogP contribution in [0.4, 0.5) is 11.4 Å². The van der Waals surface area contributed by atoms with Crippen molar-refractivity contribution in [1.29, 1.82) is 0 Å². The zero-order valence-electron chi connectivity index (χ0n) is 10.0. The van der Waals surface area contributed by atoms with Crippen molar-refractivity contribution in [2.75, 3.05) is 24.3 Å². The number of rotatable bonds is 4. The summed E-state index contributed by atoms with van der Waals surface area (Å²) in [7, 11) is 3.91. The molecule has 0 spiro atoms. The molecule has 0 bridgehead atoms. The predicted molar refractivity (Wildman–Crippen MR) is 67.7 cm³/mol. The van der Waals surface area contributed by atoms with Gasteiger partial charge in [-0.1, -0.05) is 13.0 Å². The minimum atomic E-state index is -0.442. The number of hydrogen-bond donors (Lipinski definition) is 2. The number of carbonyl (C=O) groups excluding carboxylic acids is 1. The average Bonchev–Trinajstić information content (AvgIpc) is 2.28. The zero-order chi connectivity index (χ0) is 12.1. The Bertz CT molecular complexity index is 363. The second kappa shape index (κ2) is 5.51. The van der Waals surface area contributed by atoms with Gasteiger partial charge in [0.15, 0.2) is 0 Å². The minimum absolute atomic E-state index is 0.140. The van der Waals surface area contributed by atoms with Crippen molar-refractivity contribution in [3.8, 4) is 0 Å². The van der Waals surface area contributed by atoms with Gasteiger partial charge in [0, 0.05) is 25.5 Å². The summed E-state index contributed by atoms with van der Waals surface area (Å²) in [4.78, 5) is 13.6. The fraction of sp³-hybridized carbons (Fsp3) is 0.417. The number of anilines is 2. The van der Waals surface area contributed by atoms with Crippen LogP contribution in [0.15, 0.2) is 24.3 Å². The van der Waals surface area contributed by atoms with Crippen LogP contribution >= 0.6 is 0 Å². The molecule has 3 N–H and O–H groups in total. The van der Waals surface area contributed by atoms with Crippen LogP contribution in [0.5, 0.6) is 0 Å². The molecule has 4 heteroatoms. The Hall–Kier alpha value is -1.55. The van der Waals surface area contributed by atoms with E-state index in [0.717, 1.165) is 11.4 Å². The smallest absolute Gasteiger partial charge is 0.241 e. The number of benzene rings is 1. The van der Waals surface area contributed by atoms with E-state index in [2.05, 4.69) is 5.32 Å². The molecular formula is C12H19N3O. The maximum atomic E-state index is 11.6. The Morgan fingerprint density at radius 3 is 2.75 bits per heavy atom. The second-order valence-corrected chi connectivity index (χ2v) is 3.95. The number of carbonyl (C=O) groups is 1. The largest absolute Gasteiger partial charge is 0.378 e. The molecule has 1 atom stereocenters. The van der Waals surface area contributed by atoms with E-state index in [4.69, 9.17) is 5.73 Å². The molecule has 1 unspecified atom stereocenters. The van der Waals surface area contributed by atoms with E-state index in [1.54, 1.807) is 0 Å². The first-order valence-corrected chi connectivity index (χ1v) is 5.38. The fourth-order valence-electron chi connectivity index (χ4n) is 1.28. The summed E-state index contributed by atoms with van der Waals surface area (Å²) in [6.45, 7) is 1.89. The van der Waals surface area contributed by atoms with Crippen LogP contribution in [0.2, 0.25) is 0 Å². The highest BCUT2D eigenvalue weighted by atomic mass is 16.2. The molecule has 0 heterocycles. The van der Waals surface area contributed by atoms with Crippen molar-refractivity contribution in [2.24, 2.45) is 5.73 Å². The molecule has 1 amide bonds. The molecule has 0 radical (unpaired) electrons. The van der Waals surface area contributed by atoms with Crippen LogP contribution in [0.25, 0.3) is 0 Å². The van der Waals surface area contributed by atoms with Crippen molar-refractivity contribution < 1.29 is 4.79 Å². The van der Waals surface area contributed by atoms with E-state index >= 15 is 0 Å². The number of nitrogens with two attached hydrogens (primary N) is 1. The van der Waals surface area contributed by atoms with Crippen LogP contribution in [-0.2, 0) is 4.79 Å². The van der Waals surface area contributed by atoms with Gasteiger partial charge in [-0.3, -0.25) is 4.79 Å². The van der Waals surface area contributed by atoms with Gasteiger partial charge in [-0.15, -0.1) is 0 Å². The van der Waals surface area contributed by atoms with Gasteiger partial charge in [-0.25, -0.2) is 0 Å². The van der Waals surface area contributed by atoms with Gasteiger partial charge < -0.3 is 16.0 Å². The summed E-state index contributed by atoms with van der Waals surface area (Å²) in [6, 6.07) is 7.22. The Labute approximate surface area is 96.4 Å². The lowest BCUT2D eigenvalue weighted by atomic mass is 10.2. The first-order valence-electron chi connectivity index (χ1n) is 5.38. The molecule has 1 aromatic carbocycles. The molecule has 0 aliphatic carbocycles. The first-order chi connectivity index (χ1) is 7.54. The summed E-state index contributed by atoms with van der Waals surface area (Å²) < 4.78 is 0. The highest BCUT2D eigenvalue weighted by molar-refractivity contribution is 5.95. The van der Waals surface area contributed by atoms with Gasteiger partial charge >= 0.3 is 0 Å². The summed E-state index contributed by atoms with van der Waals surface area (Å²) in [5, 5.41) is 2.80. The molecule has 16 heavy (non-hydrogen) atoms. The molecule has 0 aromatic heterocycles. The lowest BCUT2D eigenvalue weighted by molar-refractivity contribution is -0.117. The number of nitrogens with one attached hydrogen (secondary N) is 1. The maximum absolute atomic E-state index is 11.6. The molecule has 0 saturated heterocycles. The molecular weight excluding hydrogens is 202 g/mol. The third-order valence-corrected chi connectivity index (χ3v) is 2.41. The van der Waals surface area contributed by atoms with E-state index < -0.39 is 6.04 Å². The molecule has 88 valence electrons. The van der Waals surface area contributed by atoms with Crippen LogP contribution in [-0.4, -0.2) is 26.0 Å². The van der Waals surface area contributed by atoms with E-state index in [-0.39, 0.29) is 5.91 Å². The molecule has 4 nitrogen and oxygen atoms in total. The van der Waals surface area contributed by atoms with Gasteiger partial charge in [-0.05, 0) is 24.6 Å². The van der Waals surface area contributed by atoms with E-state index in [9.17, 15) is 4.79 Å². The van der Waals surface area contributed by atoms with Gasteiger partial charge in [-0.2, -0.15) is 0 Å². The minimum Gasteiger partial charge on any atom is -0.378 e. The zero-order valence-corrected chi connectivity index (χ0v) is 10.0. The van der Waals surface area contributed by atoms with E-state index in [0.29, 0.717) is 6.42 Å². The molecule has 0 saturated carbocycles. The van der Waals surface area contributed by atoms with Crippen LogP contribution in [0.1, 0.15) is 13.3 Å². The first kappa shape index (κ1) is 12.5. The van der Waals surface area contributed by atoms with Crippen molar-refractivity contribution in [2.45, 2.75) is 19.4 Å². The quantitative estimate of drug-likeness (QED) is 0.808. The lowest BCUT2D eigenvalue weighted by Gasteiger charge is -2.15. The number of amides is 1. The lowest BCUT2D eigenvalue weighted by Crippen LogP contribution is -2.34. The van der Waals surface area contributed by atoms with Crippen LogP contribution in [0, 0.1) is 0 Å². The molecule has 1 aromatic rings. The third-order valence-electron chi connectivity index (χ3n) is 2.41. The Morgan fingerprint density at radius 1 is 1.50 bits per heavy atom. The van der Waals surface area contributed by atoms with Crippen molar-refractivity contribution in [3.05, 3.63) is 24.3 Å². The maximum Gasteiger partial charge on any atom is 0.241 e. The van der Waals surface area contributed by atoms with Crippen molar-refractivity contribution >= 4 is 17.3 Å². The highest BCUT2D eigenvalue weighted by Crippen LogP contribution is 2.17. The van der Waals surface area contributed by atoms with Gasteiger partial charge in [0.25, 0.3) is 0 Å². The fourth-order valence-corrected chi connectivity index (χ4v) is 1.28. The normalized spacial score (nSPS) is 12.0. The predicted octanol–water partition coefficient (Wildman–Crippen LogP) is 1.43. The van der Waals surface area contributed by atoms with Crippen molar-refractivity contribution in [1.82, 2.24) is 0 Å². The standard InChI is InChI=1S/C12H19N3O/c1-4-11(13)12(16)14-9-6-5-7-10(8-9)15(2)3/h5-8,11H,4,13H2,1-3H3,(H,14,16). The Balaban J connectivity index is 2.74. The van der Waals surface area contributed by atoms with Crippen LogP contribution < -0.4 is 16.0 Å². The highest BCUT2D eigenvalue weighted by Gasteiger charge is 2.10. The van der Waals surface area contributed by atoms with Gasteiger partial charge in [0.1, 0.15) is 0 Å². The SMILES string of the molecule is CCC(N)C(=O)Nc1cccc(N(C)C)c1. The Morgan fingerprint density at radius 2 is 2.19 bits per heavy atom. The summed E-state index contributed by atoms with van der Waals surface area (Å²) in [5.41, 5.74) is 7.46. The van der Waals surface area contributed by atoms with E-state index in [1.807, 2.05) is 50.2 Å².